The van der Waals surface area contributed by atoms with Gasteiger partial charge in [-0.3, -0.25) is 4.98 Å². The monoisotopic (exact) mass is 235 g/mol. The molecule has 1 N–H and O–H groups in total. The van der Waals surface area contributed by atoms with Crippen molar-refractivity contribution in [2.24, 2.45) is 5.92 Å². The lowest BCUT2D eigenvalue weighted by Crippen LogP contribution is -2.43. The molecular weight excluding hydrogens is 214 g/mol. The van der Waals surface area contributed by atoms with Crippen LogP contribution in [0.3, 0.4) is 0 Å². The average Bonchev–Trinajstić information content (AvgIpc) is 2.38. The van der Waals surface area contributed by atoms with Gasteiger partial charge in [0.25, 0.3) is 0 Å². The summed E-state index contributed by atoms with van der Waals surface area (Å²) in [4.78, 5) is 6.59. The van der Waals surface area contributed by atoms with Gasteiger partial charge >= 0.3 is 0 Å². The molecule has 0 saturated carbocycles. The summed E-state index contributed by atoms with van der Waals surface area (Å²) in [7, 11) is 0. The molecule has 4 nitrogen and oxygen atoms in total. The van der Waals surface area contributed by atoms with Gasteiger partial charge in [-0.1, -0.05) is 13.8 Å². The number of nitrogens with one attached hydrogen (secondary N) is 1. The third-order valence-electron chi connectivity index (χ3n) is 2.76. The molecule has 0 aliphatic carbocycles. The Bertz CT molecular complexity index is 348. The number of anilines is 1. The quantitative estimate of drug-likeness (QED) is 0.858. The lowest BCUT2D eigenvalue weighted by Gasteiger charge is -2.29. The van der Waals surface area contributed by atoms with Crippen LogP contribution in [0.5, 0.6) is 5.75 Å². The van der Waals surface area contributed by atoms with Crippen molar-refractivity contribution in [2.45, 2.75) is 13.8 Å². The third-order valence-corrected chi connectivity index (χ3v) is 2.76. The topological polar surface area (TPSA) is 37.4 Å². The molecule has 0 spiro atoms. The lowest BCUT2D eigenvalue weighted by atomic mass is 10.2. The molecule has 1 aliphatic rings. The highest BCUT2D eigenvalue weighted by Crippen LogP contribution is 2.20. The van der Waals surface area contributed by atoms with E-state index in [1.165, 1.54) is 0 Å². The average molecular weight is 235 g/mol. The first kappa shape index (κ1) is 12.2. The largest absolute Gasteiger partial charge is 0.492 e. The van der Waals surface area contributed by atoms with Crippen molar-refractivity contribution in [3.63, 3.8) is 0 Å². The molecule has 2 rings (SSSR count). The second-order valence-electron chi connectivity index (χ2n) is 4.82. The summed E-state index contributed by atoms with van der Waals surface area (Å²) in [6.45, 7) is 9.19. The molecular formula is C13H21N3O. The van der Waals surface area contributed by atoms with Crippen LogP contribution in [-0.4, -0.2) is 37.8 Å². The fraction of sp³-hybridized carbons (Fsp3) is 0.615. The Balaban J connectivity index is 2.00. The maximum absolute atomic E-state index is 5.69. The van der Waals surface area contributed by atoms with Crippen LogP contribution >= 0.6 is 0 Å². The van der Waals surface area contributed by atoms with Crippen molar-refractivity contribution in [3.05, 3.63) is 18.5 Å². The number of rotatable bonds is 4. The Morgan fingerprint density at radius 2 is 2.12 bits per heavy atom. The van der Waals surface area contributed by atoms with E-state index in [1.54, 1.807) is 6.20 Å². The van der Waals surface area contributed by atoms with Gasteiger partial charge in [0.05, 0.1) is 24.7 Å². The molecule has 0 unspecified atom stereocenters. The highest BCUT2D eigenvalue weighted by molar-refractivity contribution is 5.48. The van der Waals surface area contributed by atoms with Crippen molar-refractivity contribution in [3.8, 4) is 5.75 Å². The molecule has 2 heterocycles. The molecule has 94 valence electrons. The van der Waals surface area contributed by atoms with E-state index in [2.05, 4.69) is 35.1 Å². The summed E-state index contributed by atoms with van der Waals surface area (Å²) >= 11 is 0. The molecule has 0 atom stereocenters. The van der Waals surface area contributed by atoms with Crippen LogP contribution in [0.25, 0.3) is 0 Å². The molecule has 1 saturated heterocycles. The fourth-order valence-electron chi connectivity index (χ4n) is 1.85. The molecule has 1 aromatic heterocycles. The van der Waals surface area contributed by atoms with Gasteiger partial charge in [-0.2, -0.15) is 0 Å². The molecule has 1 aromatic rings. The highest BCUT2D eigenvalue weighted by Gasteiger charge is 2.11. The third kappa shape index (κ3) is 3.60. The SMILES string of the molecule is CC(C)COc1cncc(N2CCNCC2)c1. The Morgan fingerprint density at radius 1 is 1.35 bits per heavy atom. The van der Waals surface area contributed by atoms with E-state index in [0.29, 0.717) is 5.92 Å². The van der Waals surface area contributed by atoms with Gasteiger partial charge in [-0.15, -0.1) is 0 Å². The minimum atomic E-state index is 0.540. The maximum Gasteiger partial charge on any atom is 0.139 e. The maximum atomic E-state index is 5.69. The Hall–Kier alpha value is -1.29. The molecule has 0 bridgehead atoms. The summed E-state index contributed by atoms with van der Waals surface area (Å²) in [6.07, 6.45) is 3.70. The summed E-state index contributed by atoms with van der Waals surface area (Å²) in [5, 5.41) is 3.35. The van der Waals surface area contributed by atoms with Gasteiger partial charge in [-0.05, 0) is 5.92 Å². The molecule has 4 heteroatoms. The zero-order valence-corrected chi connectivity index (χ0v) is 10.6. The second-order valence-corrected chi connectivity index (χ2v) is 4.82. The van der Waals surface area contributed by atoms with E-state index in [-0.39, 0.29) is 0 Å². The number of hydrogen-bond donors (Lipinski definition) is 1. The van der Waals surface area contributed by atoms with Gasteiger partial charge in [0, 0.05) is 32.2 Å². The summed E-state index contributed by atoms with van der Waals surface area (Å²) < 4.78 is 5.69. The minimum Gasteiger partial charge on any atom is -0.492 e. The zero-order valence-electron chi connectivity index (χ0n) is 10.6. The summed E-state index contributed by atoms with van der Waals surface area (Å²) in [5.41, 5.74) is 1.16. The van der Waals surface area contributed by atoms with E-state index in [1.807, 2.05) is 6.20 Å². The van der Waals surface area contributed by atoms with Gasteiger partial charge in [0.2, 0.25) is 0 Å². The van der Waals surface area contributed by atoms with Crippen molar-refractivity contribution >= 4 is 5.69 Å². The molecule has 0 aromatic carbocycles. The van der Waals surface area contributed by atoms with Gasteiger partial charge in [0.1, 0.15) is 5.75 Å². The van der Waals surface area contributed by atoms with E-state index in [4.69, 9.17) is 4.74 Å². The van der Waals surface area contributed by atoms with Gasteiger partial charge in [-0.25, -0.2) is 0 Å². The van der Waals surface area contributed by atoms with Crippen molar-refractivity contribution in [1.29, 1.82) is 0 Å². The standard InChI is InChI=1S/C13H21N3O/c1-11(2)10-17-13-7-12(8-15-9-13)16-5-3-14-4-6-16/h7-9,11,14H,3-6,10H2,1-2H3. The first-order chi connectivity index (χ1) is 8.25. The second kappa shape index (κ2) is 5.87. The number of piperazine rings is 1. The fourth-order valence-corrected chi connectivity index (χ4v) is 1.85. The van der Waals surface area contributed by atoms with Gasteiger partial charge < -0.3 is 15.0 Å². The van der Waals surface area contributed by atoms with Crippen LogP contribution < -0.4 is 15.0 Å². The molecule has 17 heavy (non-hydrogen) atoms. The van der Waals surface area contributed by atoms with Crippen molar-refractivity contribution in [1.82, 2.24) is 10.3 Å². The first-order valence-corrected chi connectivity index (χ1v) is 6.29. The normalized spacial score (nSPS) is 16.3. The minimum absolute atomic E-state index is 0.540. The molecule has 0 amide bonds. The lowest BCUT2D eigenvalue weighted by molar-refractivity contribution is 0.270. The van der Waals surface area contributed by atoms with E-state index in [9.17, 15) is 0 Å². The van der Waals surface area contributed by atoms with Crippen LogP contribution in [0, 0.1) is 5.92 Å². The molecule has 1 fully saturated rings. The van der Waals surface area contributed by atoms with E-state index in [0.717, 1.165) is 44.2 Å². The smallest absolute Gasteiger partial charge is 0.139 e. The zero-order chi connectivity index (χ0) is 12.1. The predicted octanol–water partition coefficient (Wildman–Crippen LogP) is 1.53. The molecule has 1 aliphatic heterocycles. The van der Waals surface area contributed by atoms with Crippen LogP contribution in [0.1, 0.15) is 13.8 Å². The Morgan fingerprint density at radius 3 is 2.82 bits per heavy atom. The van der Waals surface area contributed by atoms with Crippen molar-refractivity contribution in [2.75, 3.05) is 37.7 Å². The van der Waals surface area contributed by atoms with E-state index >= 15 is 0 Å². The Kier molecular flexibility index (Phi) is 4.20. The first-order valence-electron chi connectivity index (χ1n) is 6.29. The summed E-state index contributed by atoms with van der Waals surface area (Å²) in [5.74, 6) is 1.41. The number of aromatic nitrogens is 1. The van der Waals surface area contributed by atoms with Gasteiger partial charge in [0.15, 0.2) is 0 Å². The van der Waals surface area contributed by atoms with E-state index < -0.39 is 0 Å². The van der Waals surface area contributed by atoms with Crippen LogP contribution in [-0.2, 0) is 0 Å². The van der Waals surface area contributed by atoms with Crippen LogP contribution in [0.2, 0.25) is 0 Å². The van der Waals surface area contributed by atoms with Crippen molar-refractivity contribution < 1.29 is 4.74 Å². The molecule has 0 radical (unpaired) electrons. The predicted molar refractivity (Wildman–Crippen MR) is 69.7 cm³/mol. The van der Waals surface area contributed by atoms with Crippen LogP contribution in [0.4, 0.5) is 5.69 Å². The highest BCUT2D eigenvalue weighted by atomic mass is 16.5. The number of nitrogens with zero attached hydrogens (tertiary/aromatic N) is 2. The van der Waals surface area contributed by atoms with Crippen LogP contribution in [0.15, 0.2) is 18.5 Å². The Labute approximate surface area is 103 Å². The number of ether oxygens (including phenoxy) is 1. The summed E-state index contributed by atoms with van der Waals surface area (Å²) in [6, 6.07) is 2.08. The number of hydrogen-bond acceptors (Lipinski definition) is 4. The number of pyridine rings is 1.